The van der Waals surface area contributed by atoms with Crippen LogP contribution in [0.4, 0.5) is 5.69 Å². The normalized spacial score (nSPS) is 11.0. The van der Waals surface area contributed by atoms with Gasteiger partial charge in [0.15, 0.2) is 10.6 Å². The second-order valence-corrected chi connectivity index (χ2v) is 7.58. The highest BCUT2D eigenvalue weighted by Crippen LogP contribution is 2.21. The molecule has 1 amide bonds. The minimum atomic E-state index is -0.0660. The molecule has 0 atom stereocenters. The molecule has 3 aromatic rings. The Morgan fingerprint density at radius 1 is 1.19 bits per heavy atom. The topological polar surface area (TPSA) is 75.2 Å². The molecule has 0 radical (unpaired) electrons. The summed E-state index contributed by atoms with van der Waals surface area (Å²) >= 11 is 5.37. The molecule has 0 spiro atoms. The molecule has 3 rings (SSSR count). The Balaban J connectivity index is 1.64. The molecule has 8 heteroatoms. The second-order valence-electron chi connectivity index (χ2n) is 7.19. The number of methoxy groups -OCH3 is 1. The minimum absolute atomic E-state index is 0.0660. The molecule has 7 nitrogen and oxygen atoms in total. The molecule has 31 heavy (non-hydrogen) atoms. The van der Waals surface area contributed by atoms with Crippen LogP contribution in [0.15, 0.2) is 48.5 Å². The number of hydrogen-bond acceptors (Lipinski definition) is 5. The van der Waals surface area contributed by atoms with Gasteiger partial charge in [-0.2, -0.15) is 5.10 Å². The molecule has 1 heterocycles. The molecule has 0 aliphatic rings. The Morgan fingerprint density at radius 2 is 1.94 bits per heavy atom. The first-order valence-corrected chi connectivity index (χ1v) is 10.9. The van der Waals surface area contributed by atoms with Gasteiger partial charge in [-0.15, -0.1) is 0 Å². The molecule has 1 aromatic heterocycles. The van der Waals surface area contributed by atoms with E-state index in [0.717, 1.165) is 36.6 Å². The summed E-state index contributed by atoms with van der Waals surface area (Å²) in [6.45, 7) is 7.59. The summed E-state index contributed by atoms with van der Waals surface area (Å²) in [5, 5.41) is 10.1. The quantitative estimate of drug-likeness (QED) is 0.456. The zero-order valence-corrected chi connectivity index (χ0v) is 19.0. The summed E-state index contributed by atoms with van der Waals surface area (Å²) < 4.78 is 7.53. The van der Waals surface area contributed by atoms with Crippen molar-refractivity contribution in [3.05, 3.63) is 58.9 Å². The average Bonchev–Trinajstić information content (AvgIpc) is 3.16. The summed E-state index contributed by atoms with van der Waals surface area (Å²) in [7, 11) is 1.63. The maximum absolute atomic E-state index is 12.6. The highest BCUT2D eigenvalue weighted by Gasteiger charge is 2.11. The Hall–Kier alpha value is -2.97. The molecule has 164 valence electrons. The van der Waals surface area contributed by atoms with Gasteiger partial charge >= 0.3 is 0 Å². The first-order chi connectivity index (χ1) is 15.0. The van der Waals surface area contributed by atoms with Crippen LogP contribution < -0.4 is 10.1 Å². The van der Waals surface area contributed by atoms with Crippen molar-refractivity contribution in [1.82, 2.24) is 19.7 Å². The van der Waals surface area contributed by atoms with Crippen LogP contribution in [0.1, 0.15) is 25.8 Å². The van der Waals surface area contributed by atoms with Crippen LogP contribution >= 0.6 is 12.2 Å². The number of aromatic amines is 1. The monoisotopic (exact) mass is 439 g/mol. The van der Waals surface area contributed by atoms with Gasteiger partial charge in [-0.25, -0.2) is 0 Å². The van der Waals surface area contributed by atoms with Crippen LogP contribution in [0.2, 0.25) is 0 Å². The Bertz CT molecular complexity index is 1050. The molecular weight excluding hydrogens is 410 g/mol. The molecule has 2 N–H and O–H groups in total. The van der Waals surface area contributed by atoms with E-state index in [2.05, 4.69) is 40.3 Å². The van der Waals surface area contributed by atoms with Crippen molar-refractivity contribution >= 4 is 23.8 Å². The molecule has 0 bridgehead atoms. The summed E-state index contributed by atoms with van der Waals surface area (Å²) in [6, 6.07) is 15.6. The van der Waals surface area contributed by atoms with Crippen LogP contribution in [-0.4, -0.2) is 45.8 Å². The highest BCUT2D eigenvalue weighted by molar-refractivity contribution is 7.71. The van der Waals surface area contributed by atoms with Crippen LogP contribution in [0.5, 0.6) is 5.75 Å². The van der Waals surface area contributed by atoms with Crippen molar-refractivity contribution in [3.8, 4) is 17.1 Å². The summed E-state index contributed by atoms with van der Waals surface area (Å²) in [6.07, 6.45) is 0.289. The maximum Gasteiger partial charge on any atom is 0.226 e. The largest absolute Gasteiger partial charge is 0.497 e. The van der Waals surface area contributed by atoms with E-state index in [4.69, 9.17) is 17.0 Å². The van der Waals surface area contributed by atoms with Crippen molar-refractivity contribution in [3.63, 3.8) is 0 Å². The van der Waals surface area contributed by atoms with E-state index in [9.17, 15) is 4.79 Å². The van der Waals surface area contributed by atoms with Crippen LogP contribution in [0.25, 0.3) is 11.4 Å². The third-order valence-electron chi connectivity index (χ3n) is 5.18. The van der Waals surface area contributed by atoms with E-state index in [-0.39, 0.29) is 12.3 Å². The van der Waals surface area contributed by atoms with Crippen molar-refractivity contribution in [2.75, 3.05) is 25.5 Å². The highest BCUT2D eigenvalue weighted by atomic mass is 32.1. The van der Waals surface area contributed by atoms with Crippen molar-refractivity contribution in [2.45, 2.75) is 33.4 Å². The molecular formula is C23H29N5O2S. The van der Waals surface area contributed by atoms with E-state index in [1.54, 1.807) is 7.11 Å². The van der Waals surface area contributed by atoms with E-state index in [1.165, 1.54) is 5.56 Å². The molecule has 2 aromatic carbocycles. The fourth-order valence-corrected chi connectivity index (χ4v) is 3.60. The fraction of sp³-hybridized carbons (Fsp3) is 0.348. The summed E-state index contributed by atoms with van der Waals surface area (Å²) in [4.78, 5) is 14.9. The Kier molecular flexibility index (Phi) is 7.97. The van der Waals surface area contributed by atoms with Gasteiger partial charge in [-0.05, 0) is 67.3 Å². The van der Waals surface area contributed by atoms with Gasteiger partial charge in [0.25, 0.3) is 0 Å². The molecule has 0 aliphatic heterocycles. The number of H-pyrrole nitrogens is 1. The number of nitrogens with zero attached hydrogens (tertiary/aromatic N) is 3. The number of amides is 1. The zero-order chi connectivity index (χ0) is 22.2. The lowest BCUT2D eigenvalue weighted by molar-refractivity contribution is -0.116. The smallest absolute Gasteiger partial charge is 0.226 e. The summed E-state index contributed by atoms with van der Waals surface area (Å²) in [5.74, 6) is 1.40. The van der Waals surface area contributed by atoms with Crippen molar-refractivity contribution < 1.29 is 9.53 Å². The number of aromatic nitrogens is 3. The molecule has 0 saturated heterocycles. The zero-order valence-electron chi connectivity index (χ0n) is 18.2. The van der Waals surface area contributed by atoms with Crippen LogP contribution in [0.3, 0.4) is 0 Å². The lowest BCUT2D eigenvalue weighted by Gasteiger charge is -2.18. The fourth-order valence-electron chi connectivity index (χ4n) is 3.38. The predicted octanol–water partition coefficient (Wildman–Crippen LogP) is 4.49. The van der Waals surface area contributed by atoms with Crippen molar-refractivity contribution in [2.24, 2.45) is 0 Å². The minimum Gasteiger partial charge on any atom is -0.497 e. The van der Waals surface area contributed by atoms with Crippen molar-refractivity contribution in [1.29, 1.82) is 0 Å². The van der Waals surface area contributed by atoms with Gasteiger partial charge in [0.2, 0.25) is 5.91 Å². The van der Waals surface area contributed by atoms with E-state index < -0.39 is 0 Å². The first kappa shape index (κ1) is 22.7. The molecule has 0 aliphatic carbocycles. The molecule has 0 fully saturated rings. The summed E-state index contributed by atoms with van der Waals surface area (Å²) in [5.41, 5.74) is 2.89. The Morgan fingerprint density at radius 3 is 2.61 bits per heavy atom. The number of carbonyl (C=O) groups is 1. The first-order valence-electron chi connectivity index (χ1n) is 10.4. The van der Waals surface area contributed by atoms with E-state index in [1.807, 2.05) is 47.0 Å². The third-order valence-corrected chi connectivity index (χ3v) is 5.49. The average molecular weight is 440 g/mol. The SMILES string of the molecule is CCN(CC)Cc1cccc(NC(=O)CCn2c(-c3ccc(OC)cc3)n[nH]c2=S)c1. The van der Waals surface area contributed by atoms with Gasteiger partial charge in [-0.1, -0.05) is 26.0 Å². The van der Waals surface area contributed by atoms with Gasteiger partial charge in [-0.3, -0.25) is 19.4 Å². The van der Waals surface area contributed by atoms with E-state index >= 15 is 0 Å². The number of anilines is 1. The number of hydrogen-bond donors (Lipinski definition) is 2. The number of nitrogens with one attached hydrogen (secondary N) is 2. The second kappa shape index (κ2) is 10.9. The number of carbonyl (C=O) groups excluding carboxylic acids is 1. The van der Waals surface area contributed by atoms with Gasteiger partial charge in [0, 0.05) is 30.8 Å². The third kappa shape index (κ3) is 6.02. The van der Waals surface area contributed by atoms with Gasteiger partial charge < -0.3 is 10.1 Å². The number of benzene rings is 2. The lowest BCUT2D eigenvalue weighted by atomic mass is 10.2. The standard InChI is InChI=1S/C23H29N5O2S/c1-4-27(5-2)16-17-7-6-8-19(15-17)24-21(29)13-14-28-22(25-26-23(28)31)18-9-11-20(30-3)12-10-18/h6-12,15H,4-5,13-14,16H2,1-3H3,(H,24,29)(H,26,31). The van der Waals surface area contributed by atoms with Crippen LogP contribution in [0, 0.1) is 4.77 Å². The van der Waals surface area contributed by atoms with E-state index in [0.29, 0.717) is 17.1 Å². The molecule has 0 unspecified atom stereocenters. The number of rotatable bonds is 10. The predicted molar refractivity (Wildman–Crippen MR) is 126 cm³/mol. The Labute approximate surface area is 188 Å². The molecule has 0 saturated carbocycles. The van der Waals surface area contributed by atoms with Crippen LogP contribution in [-0.2, 0) is 17.9 Å². The number of ether oxygens (including phenoxy) is 1. The van der Waals surface area contributed by atoms with Gasteiger partial charge in [0.1, 0.15) is 5.75 Å². The lowest BCUT2D eigenvalue weighted by Crippen LogP contribution is -2.22. The maximum atomic E-state index is 12.6. The van der Waals surface area contributed by atoms with Gasteiger partial charge in [0.05, 0.1) is 7.11 Å².